The minimum atomic E-state index is -1.58. The highest BCUT2D eigenvalue weighted by atomic mass is 32.1. The maximum absolute atomic E-state index is 9.92. The molecule has 8 heteroatoms. The molecule has 0 aromatic rings. The van der Waals surface area contributed by atoms with Crippen LogP contribution in [-0.4, -0.2) is 22.4 Å². The van der Waals surface area contributed by atoms with Crippen LogP contribution in [-0.2, 0) is 9.59 Å². The van der Waals surface area contributed by atoms with Gasteiger partial charge in [0.05, 0.1) is 22.4 Å². The fourth-order valence-electron chi connectivity index (χ4n) is 0.258. The molecular weight excluding hydrogens is 204 g/mol. The number of thiol groups is 2. The summed E-state index contributed by atoms with van der Waals surface area (Å²) in [4.78, 5) is 19.8. The topological polar surface area (TPSA) is 153 Å². The van der Waals surface area contributed by atoms with E-state index in [9.17, 15) is 19.8 Å². The monoisotopic (exact) mass is 216 g/mol. The number of quaternary nitrogens is 2. The number of aliphatic carboxylic acids is 2. The van der Waals surface area contributed by atoms with Crippen LogP contribution in [0.4, 0.5) is 0 Å². The Morgan fingerprint density at radius 3 is 1.17 bits per heavy atom. The third-order valence-electron chi connectivity index (χ3n) is 0.782. The Bertz CT molecular complexity index is 147. The first-order valence-corrected chi connectivity index (χ1v) is 3.28. The Morgan fingerprint density at radius 1 is 0.917 bits per heavy atom. The Balaban J connectivity index is -0.000000405. The second-order valence-electron chi connectivity index (χ2n) is 1.53. The van der Waals surface area contributed by atoms with Gasteiger partial charge >= 0.3 is 0 Å². The number of rotatable bonds is 3. The van der Waals surface area contributed by atoms with Gasteiger partial charge in [0, 0.05) is 0 Å². The molecule has 6 nitrogen and oxygen atoms in total. The molecule has 0 saturated carbocycles. The van der Waals surface area contributed by atoms with Crippen LogP contribution in [0.3, 0.4) is 0 Å². The lowest BCUT2D eigenvalue weighted by Gasteiger charge is -2.19. The molecule has 0 bridgehead atoms. The summed E-state index contributed by atoms with van der Waals surface area (Å²) in [6, 6.07) is 0. The zero-order valence-corrected chi connectivity index (χ0v) is 8.47. The summed E-state index contributed by atoms with van der Waals surface area (Å²) < 4.78 is 0. The van der Waals surface area contributed by atoms with E-state index in [1.807, 2.05) is 0 Å². The van der Waals surface area contributed by atoms with Gasteiger partial charge in [0.25, 0.3) is 0 Å². The van der Waals surface area contributed by atoms with E-state index < -0.39 is 22.4 Å². The Kier molecular flexibility index (Phi) is 10.6. The van der Waals surface area contributed by atoms with Crippen molar-refractivity contribution in [2.45, 2.75) is 10.5 Å². The summed E-state index contributed by atoms with van der Waals surface area (Å²) in [6.07, 6.45) is 0. The summed E-state index contributed by atoms with van der Waals surface area (Å²) in [6.45, 7) is 0. The number of carbonyl (C=O) groups is 2. The molecule has 0 aliphatic rings. The zero-order valence-electron chi connectivity index (χ0n) is 6.68. The fraction of sp³-hybridized carbons (Fsp3) is 0.500. The minimum absolute atomic E-state index is 0. The van der Waals surface area contributed by atoms with Gasteiger partial charge in [-0.1, -0.05) is 0 Å². The highest BCUT2D eigenvalue weighted by molar-refractivity contribution is 7.86. The molecule has 0 aromatic carbocycles. The lowest BCUT2D eigenvalue weighted by molar-refractivity contribution is -0.313. The molecule has 74 valence electrons. The number of carboxylic acid groups (broad SMARTS) is 2. The molecular formula is C4H12N2O4S2. The first kappa shape index (κ1) is 17.6. The van der Waals surface area contributed by atoms with Gasteiger partial charge in [-0.05, 0) is 0 Å². The third-order valence-corrected chi connectivity index (χ3v) is 2.04. The van der Waals surface area contributed by atoms with Crippen LogP contribution in [0.15, 0.2) is 0 Å². The van der Waals surface area contributed by atoms with E-state index in [0.717, 1.165) is 0 Å². The molecule has 0 heterocycles. The molecule has 2 unspecified atom stereocenters. The second kappa shape index (κ2) is 7.22. The zero-order chi connectivity index (χ0) is 8.31. The summed E-state index contributed by atoms with van der Waals surface area (Å²) in [5.41, 5.74) is 0. The summed E-state index contributed by atoms with van der Waals surface area (Å²) in [7, 11) is 0. The molecule has 0 saturated heterocycles. The fourth-order valence-corrected chi connectivity index (χ4v) is 0.501. The second-order valence-corrected chi connectivity index (χ2v) is 2.64. The van der Waals surface area contributed by atoms with Crippen molar-refractivity contribution in [3.05, 3.63) is 0 Å². The van der Waals surface area contributed by atoms with Gasteiger partial charge in [-0.25, -0.2) is 0 Å². The molecule has 0 aliphatic heterocycles. The van der Waals surface area contributed by atoms with Crippen molar-refractivity contribution in [2.75, 3.05) is 0 Å². The largest absolute Gasteiger partial charge is 0.549 e. The van der Waals surface area contributed by atoms with Crippen molar-refractivity contribution in [2.24, 2.45) is 0 Å². The molecule has 12 heavy (non-hydrogen) atoms. The molecule has 0 spiro atoms. The quantitative estimate of drug-likeness (QED) is 0.396. The van der Waals surface area contributed by atoms with E-state index in [1.54, 1.807) is 0 Å². The van der Waals surface area contributed by atoms with Crippen LogP contribution in [0.1, 0.15) is 0 Å². The summed E-state index contributed by atoms with van der Waals surface area (Å²) in [5, 5.41) is 17.0. The first-order valence-electron chi connectivity index (χ1n) is 2.24. The van der Waals surface area contributed by atoms with Crippen molar-refractivity contribution in [1.82, 2.24) is 12.3 Å². The van der Waals surface area contributed by atoms with Crippen LogP contribution in [0.2, 0.25) is 0 Å². The molecule has 0 amide bonds. The molecule has 8 N–H and O–H groups in total. The average Bonchev–Trinajstić information content (AvgIpc) is 1.84. The van der Waals surface area contributed by atoms with Gasteiger partial charge in [-0.15, -0.1) is 0 Å². The van der Waals surface area contributed by atoms with Gasteiger partial charge in [0.2, 0.25) is 0 Å². The van der Waals surface area contributed by atoms with E-state index in [0.29, 0.717) is 0 Å². The van der Waals surface area contributed by atoms with Gasteiger partial charge in [-0.2, -0.15) is 25.3 Å². The summed E-state index contributed by atoms with van der Waals surface area (Å²) >= 11 is 6.80. The SMILES string of the molecule is O=C([O-])C(S)C(S)C(=O)[O-].[NH4+].[NH4+]. The normalized spacial score (nSPS) is 13.2. The van der Waals surface area contributed by atoms with Crippen molar-refractivity contribution >= 4 is 37.2 Å². The van der Waals surface area contributed by atoms with E-state index in [4.69, 9.17) is 0 Å². The highest BCUT2D eigenvalue weighted by Crippen LogP contribution is 2.06. The predicted octanol–water partition coefficient (Wildman–Crippen LogP) is -2.16. The van der Waals surface area contributed by atoms with Crippen molar-refractivity contribution in [3.63, 3.8) is 0 Å². The number of hydrogen-bond acceptors (Lipinski definition) is 6. The summed E-state index contributed by atoms with van der Waals surface area (Å²) in [5.74, 6) is -3.15. The highest BCUT2D eigenvalue weighted by Gasteiger charge is 2.15. The van der Waals surface area contributed by atoms with Gasteiger partial charge < -0.3 is 32.1 Å². The number of carbonyl (C=O) groups excluding carboxylic acids is 2. The Hall–Kier alpha value is -0.440. The maximum Gasteiger partial charge on any atom is 0.0582 e. The Morgan fingerprint density at radius 2 is 1.08 bits per heavy atom. The van der Waals surface area contributed by atoms with Crippen LogP contribution < -0.4 is 22.5 Å². The first-order chi connectivity index (χ1) is 4.46. The van der Waals surface area contributed by atoms with Crippen LogP contribution in [0.5, 0.6) is 0 Å². The Labute approximate surface area is 80.3 Å². The van der Waals surface area contributed by atoms with Gasteiger partial charge in [0.1, 0.15) is 0 Å². The molecule has 0 aliphatic carbocycles. The van der Waals surface area contributed by atoms with E-state index in [1.165, 1.54) is 0 Å². The standard InChI is InChI=1S/C4H6O4S2.2H3N/c5-3(6)1(9)2(10)4(7)8;;/h1-2,9-10H,(H,5,6)(H,7,8);2*1H3. The lowest BCUT2D eigenvalue weighted by atomic mass is 10.3. The van der Waals surface area contributed by atoms with Crippen molar-refractivity contribution < 1.29 is 19.8 Å². The van der Waals surface area contributed by atoms with Crippen LogP contribution >= 0.6 is 25.3 Å². The van der Waals surface area contributed by atoms with Gasteiger partial charge in [0.15, 0.2) is 0 Å². The van der Waals surface area contributed by atoms with E-state index in [2.05, 4.69) is 25.3 Å². The van der Waals surface area contributed by atoms with E-state index >= 15 is 0 Å². The van der Waals surface area contributed by atoms with Crippen molar-refractivity contribution in [3.8, 4) is 0 Å². The van der Waals surface area contributed by atoms with Crippen molar-refractivity contribution in [1.29, 1.82) is 0 Å². The van der Waals surface area contributed by atoms with Gasteiger partial charge in [-0.3, -0.25) is 0 Å². The minimum Gasteiger partial charge on any atom is -0.549 e. The van der Waals surface area contributed by atoms with Crippen LogP contribution in [0, 0.1) is 0 Å². The molecule has 0 radical (unpaired) electrons. The number of carboxylic acids is 2. The molecule has 0 aromatic heterocycles. The maximum atomic E-state index is 9.92. The van der Waals surface area contributed by atoms with Crippen LogP contribution in [0.25, 0.3) is 0 Å². The molecule has 2 atom stereocenters. The predicted molar refractivity (Wildman–Crippen MR) is 47.5 cm³/mol. The van der Waals surface area contributed by atoms with E-state index in [-0.39, 0.29) is 12.3 Å². The third kappa shape index (κ3) is 5.24. The molecule has 0 fully saturated rings. The molecule has 0 rings (SSSR count). The number of hydrogen-bond donors (Lipinski definition) is 4. The smallest absolute Gasteiger partial charge is 0.0582 e. The lowest BCUT2D eigenvalue weighted by Crippen LogP contribution is -2.46. The average molecular weight is 216 g/mol.